The molecular weight excluding hydrogens is 246 g/mol. The van der Waals surface area contributed by atoms with Crippen LogP contribution in [0.5, 0.6) is 5.75 Å². The maximum atomic E-state index is 6.10. The molecule has 0 spiro atoms. The van der Waals surface area contributed by atoms with Crippen LogP contribution < -0.4 is 10.5 Å². The molecule has 1 unspecified atom stereocenters. The molecule has 20 heavy (non-hydrogen) atoms. The van der Waals surface area contributed by atoms with Crippen LogP contribution in [0.3, 0.4) is 0 Å². The fourth-order valence-corrected chi connectivity index (χ4v) is 2.23. The number of benzene rings is 1. The van der Waals surface area contributed by atoms with Crippen LogP contribution in [0.1, 0.15) is 63.1 Å². The van der Waals surface area contributed by atoms with E-state index in [-0.39, 0.29) is 6.04 Å². The molecule has 0 aromatic heterocycles. The van der Waals surface area contributed by atoms with Gasteiger partial charge in [-0.15, -0.1) is 6.58 Å². The van der Waals surface area contributed by atoms with Gasteiger partial charge in [0.1, 0.15) is 5.75 Å². The Bertz CT molecular complexity index is 400. The van der Waals surface area contributed by atoms with Crippen LogP contribution in [0, 0.1) is 0 Å². The van der Waals surface area contributed by atoms with Crippen LogP contribution in [-0.4, -0.2) is 6.61 Å². The number of hydrogen-bond acceptors (Lipinski definition) is 2. The average molecular weight is 275 g/mol. The van der Waals surface area contributed by atoms with E-state index in [0.717, 1.165) is 31.6 Å². The first kappa shape index (κ1) is 16.8. The fraction of sp³-hybridized carbons (Fsp3) is 0.556. The van der Waals surface area contributed by atoms with Crippen molar-refractivity contribution in [2.45, 2.75) is 58.4 Å². The molecule has 0 radical (unpaired) electrons. The predicted molar refractivity (Wildman–Crippen MR) is 87.2 cm³/mol. The number of nitrogens with two attached hydrogens (primary N) is 1. The van der Waals surface area contributed by atoms with Crippen molar-refractivity contribution < 1.29 is 4.74 Å². The van der Waals surface area contributed by atoms with Crippen LogP contribution in [0.2, 0.25) is 0 Å². The zero-order valence-corrected chi connectivity index (χ0v) is 13.0. The van der Waals surface area contributed by atoms with Gasteiger partial charge < -0.3 is 10.5 Å². The van der Waals surface area contributed by atoms with Gasteiger partial charge in [0.2, 0.25) is 0 Å². The largest absolute Gasteiger partial charge is 0.493 e. The van der Waals surface area contributed by atoms with Crippen molar-refractivity contribution in [2.75, 3.05) is 6.61 Å². The van der Waals surface area contributed by atoms with Crippen LogP contribution in [-0.2, 0) is 6.42 Å². The molecule has 0 aliphatic carbocycles. The van der Waals surface area contributed by atoms with E-state index in [2.05, 4.69) is 38.6 Å². The van der Waals surface area contributed by atoms with Gasteiger partial charge in [-0.2, -0.15) is 0 Å². The molecule has 1 aromatic carbocycles. The second kappa shape index (κ2) is 9.60. The van der Waals surface area contributed by atoms with Gasteiger partial charge in [0, 0.05) is 6.04 Å². The third-order valence-electron chi connectivity index (χ3n) is 3.57. The molecule has 1 atom stereocenters. The molecule has 0 heterocycles. The molecule has 0 bridgehead atoms. The Morgan fingerprint density at radius 3 is 2.70 bits per heavy atom. The predicted octanol–water partition coefficient (Wildman–Crippen LogP) is 4.78. The van der Waals surface area contributed by atoms with E-state index in [4.69, 9.17) is 10.5 Å². The minimum Gasteiger partial charge on any atom is -0.493 e. The fourth-order valence-electron chi connectivity index (χ4n) is 2.23. The molecule has 0 amide bonds. The standard InChI is InChI=1S/C18H29NO/c1-4-7-8-9-13-20-18-12-11-15(17(19)6-3)14-16(18)10-5-2/h5,11-12,14,17H,2,4,6-10,13,19H2,1,3H3. The second-order valence-electron chi connectivity index (χ2n) is 5.28. The molecule has 2 nitrogen and oxygen atoms in total. The van der Waals surface area contributed by atoms with E-state index < -0.39 is 0 Å². The highest BCUT2D eigenvalue weighted by atomic mass is 16.5. The summed E-state index contributed by atoms with van der Waals surface area (Å²) < 4.78 is 5.92. The van der Waals surface area contributed by atoms with Crippen LogP contribution in [0.25, 0.3) is 0 Å². The summed E-state index contributed by atoms with van der Waals surface area (Å²) in [5.74, 6) is 0.980. The van der Waals surface area contributed by atoms with E-state index in [9.17, 15) is 0 Å². The Kier molecular flexibility index (Phi) is 8.05. The lowest BCUT2D eigenvalue weighted by molar-refractivity contribution is 0.302. The Balaban J connectivity index is 2.66. The molecule has 1 rings (SSSR count). The van der Waals surface area contributed by atoms with Gasteiger partial charge >= 0.3 is 0 Å². The molecule has 1 aromatic rings. The number of unbranched alkanes of at least 4 members (excludes halogenated alkanes) is 3. The highest BCUT2D eigenvalue weighted by molar-refractivity contribution is 5.39. The van der Waals surface area contributed by atoms with Gasteiger partial charge in [-0.05, 0) is 36.5 Å². The van der Waals surface area contributed by atoms with Gasteiger partial charge in [0.05, 0.1) is 6.61 Å². The summed E-state index contributed by atoms with van der Waals surface area (Å²) in [6, 6.07) is 6.42. The summed E-state index contributed by atoms with van der Waals surface area (Å²) in [5, 5.41) is 0. The van der Waals surface area contributed by atoms with Gasteiger partial charge in [0.15, 0.2) is 0 Å². The van der Waals surface area contributed by atoms with E-state index in [1.807, 2.05) is 6.08 Å². The summed E-state index contributed by atoms with van der Waals surface area (Å²) in [4.78, 5) is 0. The first-order valence-corrected chi connectivity index (χ1v) is 7.85. The average Bonchev–Trinajstić information content (AvgIpc) is 2.47. The van der Waals surface area contributed by atoms with Crippen molar-refractivity contribution in [3.63, 3.8) is 0 Å². The van der Waals surface area contributed by atoms with Crippen molar-refractivity contribution >= 4 is 0 Å². The lowest BCUT2D eigenvalue weighted by Gasteiger charge is -2.15. The molecule has 112 valence electrons. The number of hydrogen-bond donors (Lipinski definition) is 1. The molecular formula is C18H29NO. The van der Waals surface area contributed by atoms with Gasteiger partial charge in [-0.1, -0.05) is 51.3 Å². The topological polar surface area (TPSA) is 35.2 Å². The lowest BCUT2D eigenvalue weighted by Crippen LogP contribution is -2.09. The van der Waals surface area contributed by atoms with E-state index in [1.165, 1.54) is 30.4 Å². The third kappa shape index (κ3) is 5.38. The zero-order chi connectivity index (χ0) is 14.8. The molecule has 0 fully saturated rings. The van der Waals surface area contributed by atoms with Crippen LogP contribution in [0.4, 0.5) is 0 Å². The van der Waals surface area contributed by atoms with Crippen molar-refractivity contribution in [1.82, 2.24) is 0 Å². The molecule has 0 aliphatic rings. The highest BCUT2D eigenvalue weighted by Crippen LogP contribution is 2.25. The Hall–Kier alpha value is -1.28. The SMILES string of the molecule is C=CCc1cc(C(N)CC)ccc1OCCCCCC. The maximum absolute atomic E-state index is 6.10. The number of allylic oxidation sites excluding steroid dienone is 1. The molecule has 0 saturated heterocycles. The molecule has 0 aliphatic heterocycles. The van der Waals surface area contributed by atoms with Crippen molar-refractivity contribution in [3.05, 3.63) is 42.0 Å². The van der Waals surface area contributed by atoms with Crippen LogP contribution >= 0.6 is 0 Å². The summed E-state index contributed by atoms with van der Waals surface area (Å²) in [7, 11) is 0. The molecule has 2 N–H and O–H groups in total. The quantitative estimate of drug-likeness (QED) is 0.492. The van der Waals surface area contributed by atoms with E-state index >= 15 is 0 Å². The van der Waals surface area contributed by atoms with Crippen molar-refractivity contribution in [2.24, 2.45) is 5.73 Å². The second-order valence-corrected chi connectivity index (χ2v) is 5.28. The smallest absolute Gasteiger partial charge is 0.122 e. The third-order valence-corrected chi connectivity index (χ3v) is 3.57. The van der Waals surface area contributed by atoms with Crippen molar-refractivity contribution in [1.29, 1.82) is 0 Å². The lowest BCUT2D eigenvalue weighted by atomic mass is 10.0. The van der Waals surface area contributed by atoms with E-state index in [1.54, 1.807) is 0 Å². The number of ether oxygens (including phenoxy) is 1. The molecule has 0 saturated carbocycles. The minimum atomic E-state index is 0.108. The first-order chi connectivity index (χ1) is 9.72. The van der Waals surface area contributed by atoms with Crippen LogP contribution in [0.15, 0.2) is 30.9 Å². The Morgan fingerprint density at radius 1 is 1.25 bits per heavy atom. The van der Waals surface area contributed by atoms with Crippen molar-refractivity contribution in [3.8, 4) is 5.75 Å². The summed E-state index contributed by atoms with van der Waals surface area (Å²) in [5.41, 5.74) is 8.47. The monoisotopic (exact) mass is 275 g/mol. The van der Waals surface area contributed by atoms with Gasteiger partial charge in [-0.25, -0.2) is 0 Å². The first-order valence-electron chi connectivity index (χ1n) is 7.85. The summed E-state index contributed by atoms with van der Waals surface area (Å²) in [6.07, 6.45) is 8.60. The minimum absolute atomic E-state index is 0.108. The maximum Gasteiger partial charge on any atom is 0.122 e. The van der Waals surface area contributed by atoms with Gasteiger partial charge in [0.25, 0.3) is 0 Å². The molecule has 2 heteroatoms. The van der Waals surface area contributed by atoms with E-state index in [0.29, 0.717) is 0 Å². The Labute approximate surface area is 124 Å². The summed E-state index contributed by atoms with van der Waals surface area (Å²) >= 11 is 0. The normalized spacial score (nSPS) is 12.2. The summed E-state index contributed by atoms with van der Waals surface area (Å²) in [6.45, 7) is 8.95. The number of rotatable bonds is 10. The highest BCUT2D eigenvalue weighted by Gasteiger charge is 2.08. The Morgan fingerprint density at radius 2 is 2.05 bits per heavy atom. The van der Waals surface area contributed by atoms with Gasteiger partial charge in [-0.3, -0.25) is 0 Å². The zero-order valence-electron chi connectivity index (χ0n) is 13.0.